The number of anilines is 1. The van der Waals surface area contributed by atoms with Crippen LogP contribution in [0.3, 0.4) is 0 Å². The number of aliphatic imine (C=N–C) groups is 1. The minimum atomic E-state index is -0.860. The molecule has 4 rings (SSSR count). The minimum absolute atomic E-state index is 0.343. The molecule has 1 fully saturated rings. The van der Waals surface area contributed by atoms with Crippen molar-refractivity contribution in [2.75, 3.05) is 31.1 Å². The Kier molecular flexibility index (Phi) is 7.10. The largest absolute Gasteiger partial charge is 0.494 e. The number of ether oxygens (including phenoxy) is 1. The third-order valence-corrected chi connectivity index (χ3v) is 6.20. The molecule has 0 spiro atoms. The highest BCUT2D eigenvalue weighted by molar-refractivity contribution is 6.29. The van der Waals surface area contributed by atoms with Crippen molar-refractivity contribution < 1.29 is 9.84 Å². The first kappa shape index (κ1) is 22.1. The number of pyridine rings is 1. The Morgan fingerprint density at radius 2 is 2.06 bits per heavy atom. The fourth-order valence-corrected chi connectivity index (χ4v) is 4.59. The summed E-state index contributed by atoms with van der Waals surface area (Å²) in [6.07, 6.45) is 5.12. The van der Waals surface area contributed by atoms with Crippen molar-refractivity contribution in [1.29, 1.82) is 0 Å². The molecule has 0 aliphatic carbocycles. The van der Waals surface area contributed by atoms with Gasteiger partial charge in [-0.05, 0) is 62.1 Å². The summed E-state index contributed by atoms with van der Waals surface area (Å²) in [5.74, 6) is 2.43. The van der Waals surface area contributed by atoms with Gasteiger partial charge in [-0.1, -0.05) is 25.4 Å². The van der Waals surface area contributed by atoms with Crippen LogP contribution in [0, 0.1) is 5.92 Å². The zero-order valence-electron chi connectivity index (χ0n) is 18.3. The summed E-state index contributed by atoms with van der Waals surface area (Å²) in [5.41, 5.74) is 2.18. The number of likely N-dealkylation sites (tertiary alicyclic amines) is 1. The van der Waals surface area contributed by atoms with E-state index >= 15 is 0 Å². The smallest absolute Gasteiger partial charge is 0.160 e. The van der Waals surface area contributed by atoms with Crippen LogP contribution in [0.5, 0.6) is 5.75 Å². The summed E-state index contributed by atoms with van der Waals surface area (Å²) in [7, 11) is 0. The minimum Gasteiger partial charge on any atom is -0.494 e. The van der Waals surface area contributed by atoms with E-state index in [0.717, 1.165) is 36.2 Å². The van der Waals surface area contributed by atoms with Crippen molar-refractivity contribution in [1.82, 2.24) is 9.88 Å². The second kappa shape index (κ2) is 9.98. The zero-order valence-corrected chi connectivity index (χ0v) is 19.1. The number of aliphatic hydroxyl groups is 1. The lowest BCUT2D eigenvalue weighted by Crippen LogP contribution is -2.36. The molecule has 0 bridgehead atoms. The molecule has 1 aromatic carbocycles. The Morgan fingerprint density at radius 3 is 2.81 bits per heavy atom. The number of benzene rings is 1. The van der Waals surface area contributed by atoms with E-state index < -0.39 is 6.23 Å². The van der Waals surface area contributed by atoms with Gasteiger partial charge in [-0.15, -0.1) is 0 Å². The maximum Gasteiger partial charge on any atom is 0.160 e. The average Bonchev–Trinajstić information content (AvgIpc) is 2.78. The molecule has 1 saturated heterocycles. The van der Waals surface area contributed by atoms with Crippen LogP contribution >= 0.6 is 11.6 Å². The molecule has 2 atom stereocenters. The number of aliphatic hydroxyl groups excluding tert-OH is 1. The molecule has 1 aromatic heterocycles. The van der Waals surface area contributed by atoms with Gasteiger partial charge in [-0.2, -0.15) is 0 Å². The predicted molar refractivity (Wildman–Crippen MR) is 125 cm³/mol. The van der Waals surface area contributed by atoms with E-state index in [1.807, 2.05) is 36.1 Å². The molecule has 2 aliphatic heterocycles. The lowest BCUT2D eigenvalue weighted by atomic mass is 10.0. The molecule has 7 heteroatoms. The van der Waals surface area contributed by atoms with Gasteiger partial charge in [0.25, 0.3) is 0 Å². The average molecular weight is 443 g/mol. The number of rotatable bonds is 7. The van der Waals surface area contributed by atoms with Gasteiger partial charge in [0.2, 0.25) is 0 Å². The molecule has 2 aromatic rings. The Labute approximate surface area is 189 Å². The van der Waals surface area contributed by atoms with Gasteiger partial charge in [-0.25, -0.2) is 9.98 Å². The van der Waals surface area contributed by atoms with Gasteiger partial charge in [-0.3, -0.25) is 4.90 Å². The van der Waals surface area contributed by atoms with E-state index in [-0.39, 0.29) is 0 Å². The summed E-state index contributed by atoms with van der Waals surface area (Å²) in [6, 6.07) is 9.50. The van der Waals surface area contributed by atoms with Gasteiger partial charge >= 0.3 is 0 Å². The molecule has 0 amide bonds. The number of hydrogen-bond donors (Lipinski definition) is 1. The van der Waals surface area contributed by atoms with E-state index in [1.165, 1.54) is 25.9 Å². The number of piperidine rings is 1. The zero-order chi connectivity index (χ0) is 21.8. The molecule has 0 radical (unpaired) electrons. The Morgan fingerprint density at radius 1 is 1.26 bits per heavy atom. The van der Waals surface area contributed by atoms with Gasteiger partial charge in [0.05, 0.1) is 18.5 Å². The number of hydrogen-bond acceptors (Lipinski definition) is 6. The summed E-state index contributed by atoms with van der Waals surface area (Å²) in [5, 5.41) is 11.4. The van der Waals surface area contributed by atoms with Crippen molar-refractivity contribution in [2.45, 2.75) is 45.8 Å². The maximum atomic E-state index is 11.0. The van der Waals surface area contributed by atoms with Crippen LogP contribution < -0.4 is 9.64 Å². The normalized spacial score (nSPS) is 21.5. The number of amidine groups is 1. The fourth-order valence-electron chi connectivity index (χ4n) is 4.42. The summed E-state index contributed by atoms with van der Waals surface area (Å²) in [6.45, 7) is 8.57. The quantitative estimate of drug-likeness (QED) is 0.472. The Bertz CT molecular complexity index is 918. The molecule has 31 heavy (non-hydrogen) atoms. The van der Waals surface area contributed by atoms with Crippen LogP contribution in [0.1, 0.15) is 51.3 Å². The second-order valence-corrected chi connectivity index (χ2v) is 8.82. The molecule has 1 N–H and O–H groups in total. The molecule has 3 heterocycles. The van der Waals surface area contributed by atoms with Gasteiger partial charge < -0.3 is 14.7 Å². The molecule has 166 valence electrons. The van der Waals surface area contributed by atoms with Crippen molar-refractivity contribution >= 4 is 28.8 Å². The van der Waals surface area contributed by atoms with E-state index in [9.17, 15) is 5.11 Å². The topological polar surface area (TPSA) is 61.2 Å². The van der Waals surface area contributed by atoms with E-state index in [0.29, 0.717) is 29.4 Å². The SMILES string of the molecule is CCC1=Nc2cnc(Cl)cc2C(O)N1c1ccc(OCCCN2CCC[C@H](C)C2)cc1. The van der Waals surface area contributed by atoms with Crippen molar-refractivity contribution in [3.63, 3.8) is 0 Å². The fraction of sp³-hybridized carbons (Fsp3) is 0.500. The van der Waals surface area contributed by atoms with Gasteiger partial charge in [0, 0.05) is 30.8 Å². The molecule has 2 aliphatic rings. The van der Waals surface area contributed by atoms with E-state index in [1.54, 1.807) is 12.3 Å². The van der Waals surface area contributed by atoms with Crippen LogP contribution in [0.25, 0.3) is 0 Å². The Hall–Kier alpha value is -2.15. The highest BCUT2D eigenvalue weighted by Crippen LogP contribution is 2.38. The van der Waals surface area contributed by atoms with Gasteiger partial charge in [0.15, 0.2) is 6.23 Å². The highest BCUT2D eigenvalue weighted by Gasteiger charge is 2.29. The van der Waals surface area contributed by atoms with E-state index in [4.69, 9.17) is 16.3 Å². The number of nitrogens with zero attached hydrogens (tertiary/aromatic N) is 4. The van der Waals surface area contributed by atoms with Gasteiger partial charge in [0.1, 0.15) is 16.7 Å². The molecule has 6 nitrogen and oxygen atoms in total. The van der Waals surface area contributed by atoms with Crippen LogP contribution in [-0.4, -0.2) is 47.1 Å². The number of aromatic nitrogens is 1. The summed E-state index contributed by atoms with van der Waals surface area (Å²) >= 11 is 6.04. The first-order chi connectivity index (χ1) is 15.0. The van der Waals surface area contributed by atoms with Crippen LogP contribution in [0.15, 0.2) is 41.5 Å². The van der Waals surface area contributed by atoms with Crippen molar-refractivity contribution in [3.05, 3.63) is 47.2 Å². The third-order valence-electron chi connectivity index (χ3n) is 5.99. The first-order valence-corrected chi connectivity index (χ1v) is 11.6. The molecule has 1 unspecified atom stereocenters. The summed E-state index contributed by atoms with van der Waals surface area (Å²) < 4.78 is 5.95. The molecular weight excluding hydrogens is 412 g/mol. The summed E-state index contributed by atoms with van der Waals surface area (Å²) in [4.78, 5) is 13.1. The number of fused-ring (bicyclic) bond motifs is 1. The molecular formula is C24H31ClN4O2. The second-order valence-electron chi connectivity index (χ2n) is 8.44. The van der Waals surface area contributed by atoms with E-state index in [2.05, 4.69) is 21.8 Å². The maximum absolute atomic E-state index is 11.0. The molecule has 0 saturated carbocycles. The van der Waals surface area contributed by atoms with Crippen molar-refractivity contribution in [2.24, 2.45) is 10.9 Å². The third kappa shape index (κ3) is 5.20. The monoisotopic (exact) mass is 442 g/mol. The lowest BCUT2D eigenvalue weighted by molar-refractivity contribution is 0.170. The standard InChI is InChI=1S/C24H31ClN4O2/c1-3-23-27-21-15-26-22(25)14-20(21)24(30)29(23)18-7-9-19(10-8-18)31-13-5-12-28-11-4-6-17(2)16-28/h7-10,14-15,17,24,30H,3-6,11-13,16H2,1-2H3/t17-,24?/m0/s1. The van der Waals surface area contributed by atoms with Crippen LogP contribution in [0.2, 0.25) is 5.15 Å². The highest BCUT2D eigenvalue weighted by atomic mass is 35.5. The van der Waals surface area contributed by atoms with Crippen LogP contribution in [-0.2, 0) is 0 Å². The van der Waals surface area contributed by atoms with Crippen molar-refractivity contribution in [3.8, 4) is 5.75 Å². The number of halogens is 1. The Balaban J connectivity index is 1.37. The first-order valence-electron chi connectivity index (χ1n) is 11.2. The predicted octanol–water partition coefficient (Wildman–Crippen LogP) is 5.19. The van der Waals surface area contributed by atoms with Crippen LogP contribution in [0.4, 0.5) is 11.4 Å². The lowest BCUT2D eigenvalue weighted by Gasteiger charge is -2.35.